The molecule has 0 fully saturated rings. The van der Waals surface area contributed by atoms with Crippen LogP contribution in [0.2, 0.25) is 0 Å². The van der Waals surface area contributed by atoms with Gasteiger partial charge in [0.25, 0.3) is 0 Å². The van der Waals surface area contributed by atoms with Crippen LogP contribution in [0, 0.1) is 13.8 Å². The molecule has 3 aromatic carbocycles. The van der Waals surface area contributed by atoms with Gasteiger partial charge < -0.3 is 14.6 Å². The van der Waals surface area contributed by atoms with E-state index in [9.17, 15) is 9.90 Å². The molecule has 5 nitrogen and oxygen atoms in total. The quantitative estimate of drug-likeness (QED) is 0.362. The van der Waals surface area contributed by atoms with Gasteiger partial charge >= 0.3 is 5.97 Å². The Hall–Kier alpha value is -3.77. The van der Waals surface area contributed by atoms with Crippen molar-refractivity contribution in [2.45, 2.75) is 27.4 Å². The van der Waals surface area contributed by atoms with Crippen LogP contribution in [0.4, 0.5) is 5.69 Å². The van der Waals surface area contributed by atoms with E-state index in [-0.39, 0.29) is 17.9 Å². The molecule has 4 rings (SSSR count). The zero-order valence-electron chi connectivity index (χ0n) is 19.9. The summed E-state index contributed by atoms with van der Waals surface area (Å²) in [5.41, 5.74) is 5.08. The van der Waals surface area contributed by atoms with E-state index in [1.165, 1.54) is 17.3 Å². The molecule has 0 radical (unpaired) electrons. The average molecular weight is 486 g/mol. The summed E-state index contributed by atoms with van der Waals surface area (Å²) in [5.74, 6) is 0.0334. The van der Waals surface area contributed by atoms with Crippen molar-refractivity contribution < 1.29 is 19.4 Å². The number of hydrogen-bond donors (Lipinski definition) is 1. The predicted molar refractivity (Wildman–Crippen MR) is 142 cm³/mol. The summed E-state index contributed by atoms with van der Waals surface area (Å²) in [4.78, 5) is 17.7. The van der Waals surface area contributed by atoms with Crippen molar-refractivity contribution in [2.75, 3.05) is 6.61 Å². The molecular formula is C29H27NO4S. The maximum absolute atomic E-state index is 12.6. The van der Waals surface area contributed by atoms with Crippen LogP contribution in [0.3, 0.4) is 0 Å². The number of benzene rings is 3. The Morgan fingerprint density at radius 2 is 1.57 bits per heavy atom. The number of hydrogen-bond acceptors (Lipinski definition) is 6. The van der Waals surface area contributed by atoms with Crippen LogP contribution in [0.25, 0.3) is 6.08 Å². The van der Waals surface area contributed by atoms with Gasteiger partial charge in [0.05, 0.1) is 17.2 Å². The number of aliphatic hydroxyl groups excluding tert-OH is 1. The Balaban J connectivity index is 1.54. The van der Waals surface area contributed by atoms with Crippen molar-refractivity contribution in [1.29, 1.82) is 0 Å². The lowest BCUT2D eigenvalue weighted by atomic mass is 10.1. The Bertz CT molecular complexity index is 1290. The molecule has 1 aliphatic rings. The van der Waals surface area contributed by atoms with E-state index in [0.29, 0.717) is 22.2 Å². The Kier molecular flexibility index (Phi) is 7.73. The van der Waals surface area contributed by atoms with Crippen molar-refractivity contribution in [3.8, 4) is 5.75 Å². The lowest BCUT2D eigenvalue weighted by Gasteiger charge is -2.07. The number of carbonyl (C=O) groups is 1. The molecule has 35 heavy (non-hydrogen) atoms. The molecule has 0 unspecified atom stereocenters. The normalized spacial score (nSPS) is 15.6. The number of carbonyl (C=O) groups excluding carboxylic acids is 1. The third-order valence-corrected chi connectivity index (χ3v) is 6.36. The molecule has 0 spiro atoms. The highest BCUT2D eigenvalue weighted by Gasteiger charge is 2.33. The van der Waals surface area contributed by atoms with E-state index in [2.05, 4.69) is 36.2 Å². The minimum atomic E-state index is -0.591. The number of nitrogens with zero attached hydrogens (tertiary/aromatic N) is 1. The molecule has 1 aliphatic heterocycles. The van der Waals surface area contributed by atoms with Gasteiger partial charge in [0.1, 0.15) is 28.7 Å². The second kappa shape index (κ2) is 11.1. The SMILES string of the molecule is CCOC(=O)C1=C(O)/C(=C/c2ccc(OCc3ccc(C)cc3)cc2)SC1=Nc1ccc(C)cc1. The van der Waals surface area contributed by atoms with Gasteiger partial charge in [0.2, 0.25) is 0 Å². The molecule has 1 heterocycles. The molecule has 0 saturated heterocycles. The standard InChI is InChI=1S/C29H27NO4S/c1-4-33-29(32)26-27(31)25(35-28(26)30-23-13-7-20(3)8-14-23)17-21-11-15-24(16-12-21)34-18-22-9-5-19(2)6-10-22/h5-17,31H,4,18H2,1-3H3/b25-17-,30-28?. The molecule has 178 valence electrons. The zero-order valence-corrected chi connectivity index (χ0v) is 20.8. The molecule has 0 saturated carbocycles. The number of aliphatic imine (C=N–C) groups is 1. The first kappa shape index (κ1) is 24.4. The van der Waals surface area contributed by atoms with E-state index in [0.717, 1.165) is 22.4 Å². The summed E-state index contributed by atoms with van der Waals surface area (Å²) in [6, 6.07) is 23.5. The number of esters is 1. The summed E-state index contributed by atoms with van der Waals surface area (Å²) in [7, 11) is 0. The molecule has 0 aromatic heterocycles. The first-order valence-corrected chi connectivity index (χ1v) is 12.2. The topological polar surface area (TPSA) is 68.1 Å². The summed E-state index contributed by atoms with van der Waals surface area (Å²) < 4.78 is 11.1. The predicted octanol–water partition coefficient (Wildman–Crippen LogP) is 7.08. The fourth-order valence-corrected chi connectivity index (χ4v) is 4.43. The van der Waals surface area contributed by atoms with Crippen molar-refractivity contribution in [2.24, 2.45) is 4.99 Å². The summed E-state index contributed by atoms with van der Waals surface area (Å²) in [6.07, 6.45) is 1.82. The van der Waals surface area contributed by atoms with E-state index in [1.807, 2.05) is 61.5 Å². The lowest BCUT2D eigenvalue weighted by molar-refractivity contribution is -0.138. The molecule has 3 aromatic rings. The van der Waals surface area contributed by atoms with Crippen molar-refractivity contribution in [3.63, 3.8) is 0 Å². The number of aliphatic hydroxyl groups is 1. The molecule has 1 N–H and O–H groups in total. The highest BCUT2D eigenvalue weighted by Crippen LogP contribution is 2.40. The Labute approximate surface area is 209 Å². The van der Waals surface area contributed by atoms with Crippen LogP contribution in [0.1, 0.15) is 29.2 Å². The highest BCUT2D eigenvalue weighted by atomic mass is 32.2. The number of aryl methyl sites for hydroxylation is 2. The van der Waals surface area contributed by atoms with Gasteiger partial charge in [-0.15, -0.1) is 0 Å². The molecule has 6 heteroatoms. The monoisotopic (exact) mass is 485 g/mol. The van der Waals surface area contributed by atoms with E-state index < -0.39 is 5.97 Å². The highest BCUT2D eigenvalue weighted by molar-refractivity contribution is 8.18. The second-order valence-corrected chi connectivity index (χ2v) is 9.18. The summed E-state index contributed by atoms with van der Waals surface area (Å²) >= 11 is 1.24. The second-order valence-electron chi connectivity index (χ2n) is 8.15. The Morgan fingerprint density at radius 1 is 0.943 bits per heavy atom. The first-order valence-electron chi connectivity index (χ1n) is 11.4. The first-order chi connectivity index (χ1) is 16.9. The van der Waals surface area contributed by atoms with Gasteiger partial charge in [-0.2, -0.15) is 0 Å². The maximum atomic E-state index is 12.6. The van der Waals surface area contributed by atoms with Crippen molar-refractivity contribution in [1.82, 2.24) is 0 Å². The van der Waals surface area contributed by atoms with Crippen LogP contribution >= 0.6 is 11.8 Å². The minimum absolute atomic E-state index is 0.0849. The van der Waals surface area contributed by atoms with E-state index in [4.69, 9.17) is 9.47 Å². The van der Waals surface area contributed by atoms with Gasteiger partial charge in [0.15, 0.2) is 0 Å². The number of ether oxygens (including phenoxy) is 2. The molecule has 0 atom stereocenters. The molecule has 0 amide bonds. The molecule has 0 bridgehead atoms. The van der Waals surface area contributed by atoms with Crippen LogP contribution in [-0.4, -0.2) is 22.7 Å². The van der Waals surface area contributed by atoms with Crippen LogP contribution in [-0.2, 0) is 16.1 Å². The van der Waals surface area contributed by atoms with Gasteiger partial charge in [0, 0.05) is 0 Å². The van der Waals surface area contributed by atoms with Gasteiger partial charge in [-0.3, -0.25) is 0 Å². The lowest BCUT2D eigenvalue weighted by Crippen LogP contribution is -2.12. The van der Waals surface area contributed by atoms with Crippen LogP contribution < -0.4 is 4.74 Å². The third-order valence-electron chi connectivity index (χ3n) is 5.34. The third kappa shape index (κ3) is 6.22. The van der Waals surface area contributed by atoms with Crippen molar-refractivity contribution >= 4 is 34.5 Å². The van der Waals surface area contributed by atoms with Crippen LogP contribution in [0.5, 0.6) is 5.75 Å². The molecule has 0 aliphatic carbocycles. The van der Waals surface area contributed by atoms with Crippen LogP contribution in [0.15, 0.2) is 94.0 Å². The Morgan fingerprint density at radius 3 is 2.20 bits per heavy atom. The van der Waals surface area contributed by atoms with Crippen molar-refractivity contribution in [3.05, 3.63) is 111 Å². The fraction of sp³-hybridized carbons (Fsp3) is 0.172. The summed E-state index contributed by atoms with van der Waals surface area (Å²) in [5, 5.41) is 11.3. The van der Waals surface area contributed by atoms with E-state index in [1.54, 1.807) is 6.92 Å². The van der Waals surface area contributed by atoms with Gasteiger partial charge in [-0.1, -0.05) is 71.4 Å². The number of rotatable bonds is 7. The zero-order chi connectivity index (χ0) is 24.8. The van der Waals surface area contributed by atoms with Gasteiger partial charge in [-0.25, -0.2) is 9.79 Å². The maximum Gasteiger partial charge on any atom is 0.344 e. The number of thioether (sulfide) groups is 1. The largest absolute Gasteiger partial charge is 0.506 e. The molecular weight excluding hydrogens is 458 g/mol. The van der Waals surface area contributed by atoms with E-state index >= 15 is 0 Å². The average Bonchev–Trinajstić information content (AvgIpc) is 3.15. The van der Waals surface area contributed by atoms with Gasteiger partial charge in [-0.05, 0) is 62.2 Å². The fourth-order valence-electron chi connectivity index (χ4n) is 3.39. The minimum Gasteiger partial charge on any atom is -0.506 e. The smallest absolute Gasteiger partial charge is 0.344 e. The summed E-state index contributed by atoms with van der Waals surface area (Å²) in [6.45, 7) is 6.48.